The molecule has 0 radical (unpaired) electrons. The van der Waals surface area contributed by atoms with Gasteiger partial charge in [-0.3, -0.25) is 14.9 Å². The van der Waals surface area contributed by atoms with Crippen LogP contribution in [0.5, 0.6) is 0 Å². The van der Waals surface area contributed by atoms with Crippen LogP contribution in [0, 0.1) is 5.92 Å². The molecule has 2 saturated heterocycles. The molecular weight excluding hydrogens is 653 g/mol. The smallest absolute Gasteiger partial charge is 0.475 e. The molecule has 1 unspecified atom stereocenters. The number of pyridine rings is 2. The van der Waals surface area contributed by atoms with E-state index in [1.807, 2.05) is 43.0 Å². The lowest BCUT2D eigenvalue weighted by Crippen LogP contribution is -2.64. The molecule has 11 nitrogen and oxygen atoms in total. The maximum atomic E-state index is 10.6. The molecule has 20 heteroatoms. The monoisotopic (exact) mass is 681 g/mol. The third-order valence-electron chi connectivity index (χ3n) is 6.07. The molecule has 2 aliphatic heterocycles. The number of halogens is 9. The average molecular weight is 682 g/mol. The zero-order valence-electron chi connectivity index (χ0n) is 23.5. The van der Waals surface area contributed by atoms with Crippen LogP contribution in [0.3, 0.4) is 0 Å². The van der Waals surface area contributed by atoms with Crippen LogP contribution in [0.2, 0.25) is 0 Å². The molecule has 258 valence electrons. The fourth-order valence-corrected chi connectivity index (χ4v) is 4.01. The summed E-state index contributed by atoms with van der Waals surface area (Å²) < 4.78 is 107. The van der Waals surface area contributed by atoms with Crippen LogP contribution in [0.25, 0.3) is 0 Å². The predicted molar refractivity (Wildman–Crippen MR) is 136 cm³/mol. The summed E-state index contributed by atoms with van der Waals surface area (Å²) in [5.41, 5.74) is 2.51. The van der Waals surface area contributed by atoms with E-state index in [-0.39, 0.29) is 5.60 Å². The van der Waals surface area contributed by atoms with Crippen molar-refractivity contribution in [3.63, 3.8) is 0 Å². The van der Waals surface area contributed by atoms with Crippen LogP contribution in [0.4, 0.5) is 39.5 Å². The Morgan fingerprint density at radius 2 is 1.33 bits per heavy atom. The molecule has 1 spiro atoms. The van der Waals surface area contributed by atoms with Crippen molar-refractivity contribution < 1.29 is 78.7 Å². The van der Waals surface area contributed by atoms with Crippen molar-refractivity contribution in [1.29, 1.82) is 0 Å². The largest absolute Gasteiger partial charge is 0.490 e. The van der Waals surface area contributed by atoms with E-state index >= 15 is 0 Å². The highest BCUT2D eigenvalue weighted by atomic mass is 19.4. The lowest BCUT2D eigenvalue weighted by molar-refractivity contribution is -0.193. The van der Waals surface area contributed by atoms with Gasteiger partial charge < -0.3 is 24.8 Å². The van der Waals surface area contributed by atoms with E-state index in [9.17, 15) is 39.5 Å². The molecule has 3 N–H and O–H groups in total. The molecule has 0 aromatic carbocycles. The molecule has 4 heterocycles. The molecule has 2 fully saturated rings. The Kier molecular flexibility index (Phi) is 15.3. The van der Waals surface area contributed by atoms with E-state index in [1.165, 1.54) is 11.1 Å². The fraction of sp³-hybridized carbons (Fsp3) is 0.500. The zero-order valence-corrected chi connectivity index (χ0v) is 23.5. The Morgan fingerprint density at radius 3 is 1.76 bits per heavy atom. The van der Waals surface area contributed by atoms with E-state index in [4.69, 9.17) is 39.2 Å². The number of hydrogen-bond acceptors (Lipinski definition) is 8. The van der Waals surface area contributed by atoms with E-state index in [1.54, 1.807) is 0 Å². The van der Waals surface area contributed by atoms with Gasteiger partial charge in [-0.05, 0) is 48.1 Å². The number of carbonyl (C=O) groups is 3. The third kappa shape index (κ3) is 14.8. The molecule has 0 bridgehead atoms. The minimum Gasteiger partial charge on any atom is -0.475 e. The number of likely N-dealkylation sites (tertiary alicyclic amines) is 1. The lowest BCUT2D eigenvalue weighted by Gasteiger charge is -2.50. The number of carboxylic acid groups (broad SMARTS) is 3. The Hall–Kier alpha value is -4.04. The van der Waals surface area contributed by atoms with Crippen molar-refractivity contribution >= 4 is 17.9 Å². The summed E-state index contributed by atoms with van der Waals surface area (Å²) in [5, 5.41) is 21.4. The maximum absolute atomic E-state index is 10.6. The quantitative estimate of drug-likeness (QED) is 0.278. The van der Waals surface area contributed by atoms with Gasteiger partial charge in [-0.2, -0.15) is 39.5 Å². The Balaban J connectivity index is 0.000000413. The van der Waals surface area contributed by atoms with Crippen molar-refractivity contribution in [2.45, 2.75) is 50.1 Å². The minimum atomic E-state index is -5.08. The summed E-state index contributed by atoms with van der Waals surface area (Å²) in [5.74, 6) is -7.66. The first kappa shape index (κ1) is 40.0. The number of aliphatic carboxylic acids is 3. The first-order valence-corrected chi connectivity index (χ1v) is 12.8. The summed E-state index contributed by atoms with van der Waals surface area (Å²) >= 11 is 0. The van der Waals surface area contributed by atoms with Gasteiger partial charge in [0.2, 0.25) is 0 Å². The van der Waals surface area contributed by atoms with Crippen LogP contribution in [-0.2, 0) is 37.0 Å². The standard InChI is InChI=1S/C20H25N3O2.3C2HF3O2/c1-2-18(12-22-7-1)13-23-15-20(16-23)19(6-11-25-20)5-10-24-14-17-3-8-21-9-4-17;3*3-2(4,5)1(6)7/h1-4,7-9,12,19H,5-6,10-11,13-16H2;3*(H,6,7). The first-order valence-electron chi connectivity index (χ1n) is 12.8. The van der Waals surface area contributed by atoms with Crippen LogP contribution >= 0.6 is 0 Å². The summed E-state index contributed by atoms with van der Waals surface area (Å²) in [6, 6.07) is 8.14. The van der Waals surface area contributed by atoms with Gasteiger partial charge in [-0.25, -0.2) is 14.4 Å². The number of rotatable bonds is 7. The van der Waals surface area contributed by atoms with E-state index in [0.717, 1.165) is 45.7 Å². The SMILES string of the molecule is O=C(O)C(F)(F)F.O=C(O)C(F)(F)F.O=C(O)C(F)(F)F.c1cncc(CN2CC3(C2)OCCC3CCOCc2ccncc2)c1. The number of alkyl halides is 9. The maximum Gasteiger partial charge on any atom is 0.490 e. The Morgan fingerprint density at radius 1 is 0.826 bits per heavy atom. The van der Waals surface area contributed by atoms with E-state index in [0.29, 0.717) is 12.5 Å². The fourth-order valence-electron chi connectivity index (χ4n) is 4.01. The lowest BCUT2D eigenvalue weighted by atomic mass is 9.79. The van der Waals surface area contributed by atoms with Gasteiger partial charge in [0.15, 0.2) is 0 Å². The number of nitrogens with zero attached hydrogens (tertiary/aromatic N) is 3. The van der Waals surface area contributed by atoms with Crippen molar-refractivity contribution in [3.8, 4) is 0 Å². The molecular formula is C26H28F9N3O8. The van der Waals surface area contributed by atoms with Crippen molar-refractivity contribution in [2.75, 3.05) is 26.3 Å². The number of ether oxygens (including phenoxy) is 2. The highest BCUT2D eigenvalue weighted by molar-refractivity contribution is 5.73. The third-order valence-corrected chi connectivity index (χ3v) is 6.07. The highest BCUT2D eigenvalue weighted by Crippen LogP contribution is 2.42. The van der Waals surface area contributed by atoms with Gasteiger partial charge >= 0.3 is 36.4 Å². The predicted octanol–water partition coefficient (Wildman–Crippen LogP) is 4.57. The molecule has 0 aliphatic carbocycles. The summed E-state index contributed by atoms with van der Waals surface area (Å²) in [4.78, 5) is 37.4. The molecule has 2 aromatic rings. The zero-order chi connectivity index (χ0) is 35.2. The number of carboxylic acids is 3. The summed E-state index contributed by atoms with van der Waals surface area (Å²) in [7, 11) is 0. The van der Waals surface area contributed by atoms with E-state index < -0.39 is 36.4 Å². The molecule has 4 rings (SSSR count). The van der Waals surface area contributed by atoms with E-state index in [2.05, 4.69) is 20.9 Å². The van der Waals surface area contributed by atoms with Crippen LogP contribution in [-0.4, -0.2) is 98.5 Å². The van der Waals surface area contributed by atoms with Gasteiger partial charge in [-0.1, -0.05) is 6.07 Å². The van der Waals surface area contributed by atoms with Crippen molar-refractivity contribution in [2.24, 2.45) is 5.92 Å². The first-order chi connectivity index (χ1) is 21.2. The molecule has 2 aliphatic rings. The van der Waals surface area contributed by atoms with Gasteiger partial charge in [0.25, 0.3) is 0 Å². The molecule has 2 aromatic heterocycles. The highest BCUT2D eigenvalue weighted by Gasteiger charge is 2.52. The molecule has 0 amide bonds. The summed E-state index contributed by atoms with van der Waals surface area (Å²) in [6.45, 7) is 5.35. The molecule has 46 heavy (non-hydrogen) atoms. The Bertz CT molecular complexity index is 1170. The van der Waals surface area contributed by atoms with Gasteiger partial charge in [0, 0.05) is 57.6 Å². The average Bonchev–Trinajstić information content (AvgIpc) is 3.35. The second-order valence-corrected chi connectivity index (χ2v) is 9.51. The van der Waals surface area contributed by atoms with Crippen molar-refractivity contribution in [1.82, 2.24) is 14.9 Å². The molecule has 1 atom stereocenters. The van der Waals surface area contributed by atoms with Gasteiger partial charge in [0.1, 0.15) is 0 Å². The van der Waals surface area contributed by atoms with Gasteiger partial charge in [-0.15, -0.1) is 0 Å². The second kappa shape index (κ2) is 17.6. The van der Waals surface area contributed by atoms with Crippen LogP contribution in [0.1, 0.15) is 24.0 Å². The molecule has 0 saturated carbocycles. The Labute approximate surface area is 254 Å². The van der Waals surface area contributed by atoms with Crippen LogP contribution in [0.15, 0.2) is 49.1 Å². The number of aromatic nitrogens is 2. The summed E-state index contributed by atoms with van der Waals surface area (Å²) in [6.07, 6.45) is -5.63. The van der Waals surface area contributed by atoms with Crippen LogP contribution < -0.4 is 0 Å². The normalized spacial score (nSPS) is 17.2. The van der Waals surface area contributed by atoms with Crippen molar-refractivity contribution in [3.05, 3.63) is 60.2 Å². The number of hydrogen-bond donors (Lipinski definition) is 3. The second-order valence-electron chi connectivity index (χ2n) is 9.51. The topological polar surface area (TPSA) is 159 Å². The van der Waals surface area contributed by atoms with Gasteiger partial charge in [0.05, 0.1) is 12.2 Å². The minimum absolute atomic E-state index is 0.0578.